The van der Waals surface area contributed by atoms with Crippen LogP contribution in [0.3, 0.4) is 0 Å². The number of hydrogen-bond donors (Lipinski definition) is 1. The molecule has 29 heavy (non-hydrogen) atoms. The van der Waals surface area contributed by atoms with Crippen molar-refractivity contribution in [2.75, 3.05) is 13.1 Å². The van der Waals surface area contributed by atoms with Crippen molar-refractivity contribution in [1.82, 2.24) is 20.0 Å². The molecule has 1 aromatic heterocycles. The number of nitrogens with one attached hydrogen (secondary N) is 1. The Bertz CT molecular complexity index is 872. The van der Waals surface area contributed by atoms with Gasteiger partial charge in [0.1, 0.15) is 5.60 Å². The van der Waals surface area contributed by atoms with Gasteiger partial charge in [-0.05, 0) is 77.8 Å². The highest BCUT2D eigenvalue weighted by Crippen LogP contribution is 2.17. The average molecular weight is 399 g/mol. The van der Waals surface area contributed by atoms with Crippen molar-refractivity contribution in [3.05, 3.63) is 47.3 Å². The Hall–Kier alpha value is -2.83. The van der Waals surface area contributed by atoms with Gasteiger partial charge in [0.15, 0.2) is 0 Å². The molecule has 0 unspecified atom stereocenters. The molecule has 7 heteroatoms. The van der Waals surface area contributed by atoms with Crippen LogP contribution in [0.4, 0.5) is 4.79 Å². The Morgan fingerprint density at radius 1 is 1.10 bits per heavy atom. The van der Waals surface area contributed by atoms with Crippen LogP contribution in [-0.4, -0.2) is 51.4 Å². The predicted octanol–water partition coefficient (Wildman–Crippen LogP) is 3.62. The number of alkyl carbamates (subject to hydrolysis) is 1. The Morgan fingerprint density at radius 2 is 1.72 bits per heavy atom. The van der Waals surface area contributed by atoms with Gasteiger partial charge in [0.25, 0.3) is 5.91 Å². The second kappa shape index (κ2) is 8.27. The van der Waals surface area contributed by atoms with Crippen LogP contribution in [-0.2, 0) is 4.74 Å². The van der Waals surface area contributed by atoms with E-state index in [1.807, 2.05) is 74.5 Å². The SMILES string of the molecule is Cc1cc(C)n(-c2ccc(C(=O)N3CCC(NC(=O)OC(C)(C)C)CC3)cc2)n1. The molecule has 1 aromatic carbocycles. The smallest absolute Gasteiger partial charge is 0.407 e. The predicted molar refractivity (Wildman–Crippen MR) is 111 cm³/mol. The molecule has 156 valence electrons. The molecule has 1 aliphatic rings. The summed E-state index contributed by atoms with van der Waals surface area (Å²) in [7, 11) is 0. The van der Waals surface area contributed by atoms with Gasteiger partial charge in [-0.3, -0.25) is 4.79 Å². The minimum Gasteiger partial charge on any atom is -0.444 e. The van der Waals surface area contributed by atoms with Gasteiger partial charge in [-0.25, -0.2) is 9.48 Å². The molecule has 3 rings (SSSR count). The summed E-state index contributed by atoms with van der Waals surface area (Å²) < 4.78 is 7.18. The van der Waals surface area contributed by atoms with E-state index in [1.165, 1.54) is 0 Å². The summed E-state index contributed by atoms with van der Waals surface area (Å²) in [5.74, 6) is 0.0145. The van der Waals surface area contributed by atoms with Crippen LogP contribution in [0.1, 0.15) is 55.4 Å². The molecule has 0 bridgehead atoms. The van der Waals surface area contributed by atoms with Crippen LogP contribution >= 0.6 is 0 Å². The maximum atomic E-state index is 12.8. The number of ether oxygens (including phenoxy) is 1. The second-order valence-electron chi connectivity index (χ2n) is 8.60. The Labute approximate surface area is 172 Å². The van der Waals surface area contributed by atoms with Gasteiger partial charge in [-0.1, -0.05) is 0 Å². The molecular weight excluding hydrogens is 368 g/mol. The third kappa shape index (κ3) is 5.37. The van der Waals surface area contributed by atoms with Crippen LogP contribution in [0.2, 0.25) is 0 Å². The number of amides is 2. The Morgan fingerprint density at radius 3 is 2.24 bits per heavy atom. The quantitative estimate of drug-likeness (QED) is 0.857. The number of hydrogen-bond acceptors (Lipinski definition) is 4. The normalized spacial score (nSPS) is 15.3. The van der Waals surface area contributed by atoms with Crippen LogP contribution < -0.4 is 5.32 Å². The number of carbonyl (C=O) groups is 2. The minimum atomic E-state index is -0.514. The first-order chi connectivity index (χ1) is 13.6. The minimum absolute atomic E-state index is 0.0145. The van der Waals surface area contributed by atoms with E-state index in [0.29, 0.717) is 18.7 Å². The number of carbonyl (C=O) groups excluding carboxylic acids is 2. The number of piperidine rings is 1. The fraction of sp³-hybridized carbons (Fsp3) is 0.500. The lowest BCUT2D eigenvalue weighted by Crippen LogP contribution is -2.47. The van der Waals surface area contributed by atoms with Crippen molar-refractivity contribution >= 4 is 12.0 Å². The summed E-state index contributed by atoms with van der Waals surface area (Å²) in [6, 6.07) is 9.59. The zero-order valence-corrected chi connectivity index (χ0v) is 17.9. The van der Waals surface area contributed by atoms with Crippen LogP contribution in [0.15, 0.2) is 30.3 Å². The summed E-state index contributed by atoms with van der Waals surface area (Å²) in [4.78, 5) is 26.6. The van der Waals surface area contributed by atoms with Gasteiger partial charge in [-0.15, -0.1) is 0 Å². The molecule has 0 saturated carbocycles. The maximum Gasteiger partial charge on any atom is 0.407 e. The fourth-order valence-corrected chi connectivity index (χ4v) is 3.52. The number of rotatable bonds is 3. The number of aryl methyl sites for hydroxylation is 2. The second-order valence-corrected chi connectivity index (χ2v) is 8.60. The largest absolute Gasteiger partial charge is 0.444 e. The van der Waals surface area contributed by atoms with E-state index in [4.69, 9.17) is 4.74 Å². The standard InChI is InChI=1S/C22H30N4O3/c1-15-14-16(2)26(24-15)19-8-6-17(7-9-19)20(27)25-12-10-18(11-13-25)23-21(28)29-22(3,4)5/h6-9,14,18H,10-13H2,1-5H3,(H,23,28). The van der Waals surface area contributed by atoms with E-state index in [1.54, 1.807) is 0 Å². The van der Waals surface area contributed by atoms with Gasteiger partial charge in [-0.2, -0.15) is 5.10 Å². The molecule has 7 nitrogen and oxygen atoms in total. The first-order valence-electron chi connectivity index (χ1n) is 10.0. The molecule has 1 aliphatic heterocycles. The average Bonchev–Trinajstić information content (AvgIpc) is 2.98. The topological polar surface area (TPSA) is 76.5 Å². The van der Waals surface area contributed by atoms with Crippen LogP contribution in [0.5, 0.6) is 0 Å². The Kier molecular flexibility index (Phi) is 5.96. The molecule has 0 atom stereocenters. The zero-order valence-electron chi connectivity index (χ0n) is 17.9. The van der Waals surface area contributed by atoms with E-state index in [9.17, 15) is 9.59 Å². The molecule has 0 spiro atoms. The summed E-state index contributed by atoms with van der Waals surface area (Å²) in [5, 5.41) is 7.37. The summed E-state index contributed by atoms with van der Waals surface area (Å²) >= 11 is 0. The van der Waals surface area contributed by atoms with Crippen LogP contribution in [0.25, 0.3) is 5.69 Å². The number of nitrogens with zero attached hydrogens (tertiary/aromatic N) is 3. The molecule has 0 aliphatic carbocycles. The Balaban J connectivity index is 1.55. The highest BCUT2D eigenvalue weighted by Gasteiger charge is 2.26. The highest BCUT2D eigenvalue weighted by atomic mass is 16.6. The van der Waals surface area contributed by atoms with Gasteiger partial charge in [0.2, 0.25) is 0 Å². The zero-order chi connectivity index (χ0) is 21.2. The summed E-state index contributed by atoms with van der Waals surface area (Å²) in [6.45, 7) is 10.7. The number of aromatic nitrogens is 2. The molecule has 2 amide bonds. The van der Waals surface area contributed by atoms with Crippen molar-refractivity contribution in [1.29, 1.82) is 0 Å². The van der Waals surface area contributed by atoms with Crippen molar-refractivity contribution in [3.8, 4) is 5.69 Å². The maximum absolute atomic E-state index is 12.8. The third-order valence-corrected chi connectivity index (χ3v) is 4.87. The lowest BCUT2D eigenvalue weighted by molar-refractivity contribution is 0.0473. The lowest BCUT2D eigenvalue weighted by Gasteiger charge is -2.33. The van der Waals surface area contributed by atoms with Gasteiger partial charge >= 0.3 is 6.09 Å². The van der Waals surface area contributed by atoms with Gasteiger partial charge in [0, 0.05) is 30.4 Å². The van der Waals surface area contributed by atoms with Crippen molar-refractivity contribution in [3.63, 3.8) is 0 Å². The van der Waals surface area contributed by atoms with Crippen molar-refractivity contribution in [2.45, 2.75) is 59.1 Å². The molecule has 1 fully saturated rings. The van der Waals surface area contributed by atoms with E-state index in [2.05, 4.69) is 10.4 Å². The molecule has 1 N–H and O–H groups in total. The molecular formula is C22H30N4O3. The van der Waals surface area contributed by atoms with E-state index in [0.717, 1.165) is 29.9 Å². The number of likely N-dealkylation sites (tertiary alicyclic amines) is 1. The van der Waals surface area contributed by atoms with Gasteiger partial charge in [0.05, 0.1) is 11.4 Å². The first-order valence-corrected chi connectivity index (χ1v) is 10.0. The van der Waals surface area contributed by atoms with Crippen LogP contribution in [0, 0.1) is 13.8 Å². The summed E-state index contributed by atoms with van der Waals surface area (Å²) in [6.07, 6.45) is 1.03. The van der Waals surface area contributed by atoms with E-state index in [-0.39, 0.29) is 11.9 Å². The van der Waals surface area contributed by atoms with E-state index < -0.39 is 11.7 Å². The van der Waals surface area contributed by atoms with Crippen molar-refractivity contribution in [2.24, 2.45) is 0 Å². The molecule has 1 saturated heterocycles. The first kappa shape index (κ1) is 20.9. The third-order valence-electron chi connectivity index (χ3n) is 4.87. The monoisotopic (exact) mass is 398 g/mol. The fourth-order valence-electron chi connectivity index (χ4n) is 3.52. The van der Waals surface area contributed by atoms with Gasteiger partial charge < -0.3 is 15.0 Å². The van der Waals surface area contributed by atoms with Crippen molar-refractivity contribution < 1.29 is 14.3 Å². The lowest BCUT2D eigenvalue weighted by atomic mass is 10.0. The summed E-state index contributed by atoms with van der Waals surface area (Å²) in [5.41, 5.74) is 3.10. The molecule has 2 aromatic rings. The molecule has 0 radical (unpaired) electrons. The van der Waals surface area contributed by atoms with E-state index >= 15 is 0 Å². The molecule has 2 heterocycles. The number of benzene rings is 1. The highest BCUT2D eigenvalue weighted by molar-refractivity contribution is 5.94.